The molecular weight excluding hydrogens is 135 g/mol. The van der Waals surface area contributed by atoms with Crippen molar-refractivity contribution in [3.8, 4) is 0 Å². The second-order valence-corrected chi connectivity index (χ2v) is 2.80. The molecule has 0 saturated heterocycles. The highest BCUT2D eigenvalue weighted by molar-refractivity contribution is 5.87. The van der Waals surface area contributed by atoms with Crippen LogP contribution >= 0.6 is 0 Å². The molecule has 0 aliphatic carbocycles. The van der Waals surface area contributed by atoms with Gasteiger partial charge in [-0.15, -0.1) is 0 Å². The zero-order valence-corrected chi connectivity index (χ0v) is 6.15. The Labute approximate surface area is 59.4 Å². The molecule has 0 rings (SSSR count). The summed E-state index contributed by atoms with van der Waals surface area (Å²) < 4.78 is 12.1. The van der Waals surface area contributed by atoms with Crippen LogP contribution in [0, 0.1) is 5.41 Å². The average molecular weight is 146 g/mol. The molecule has 0 fully saturated rings. The number of hydrogen-bond donors (Lipinski definition) is 1. The van der Waals surface area contributed by atoms with Gasteiger partial charge in [0.1, 0.15) is 0 Å². The summed E-state index contributed by atoms with van der Waals surface area (Å²) in [6, 6.07) is 0. The van der Waals surface area contributed by atoms with Gasteiger partial charge < -0.3 is 5.11 Å². The lowest BCUT2D eigenvalue weighted by Gasteiger charge is -2.19. The van der Waals surface area contributed by atoms with E-state index in [0.29, 0.717) is 0 Å². The van der Waals surface area contributed by atoms with Crippen LogP contribution in [0.3, 0.4) is 0 Å². The highest BCUT2D eigenvalue weighted by Crippen LogP contribution is 2.24. The molecule has 58 valence electrons. The van der Waals surface area contributed by atoms with Gasteiger partial charge in [-0.25, -0.2) is 4.79 Å². The van der Waals surface area contributed by atoms with Gasteiger partial charge in [-0.05, 0) is 0 Å². The Morgan fingerprint density at radius 3 is 2.20 bits per heavy atom. The second-order valence-electron chi connectivity index (χ2n) is 2.80. The van der Waals surface area contributed by atoms with Crippen LogP contribution in [0.5, 0.6) is 0 Å². The van der Waals surface area contributed by atoms with Crippen molar-refractivity contribution in [1.29, 1.82) is 0 Å². The molecule has 0 amide bonds. The molecular formula is C7H11FO2. The van der Waals surface area contributed by atoms with Gasteiger partial charge in [0, 0.05) is 11.0 Å². The fourth-order valence-corrected chi connectivity index (χ4v) is 0.370. The van der Waals surface area contributed by atoms with E-state index in [0.717, 1.165) is 0 Å². The van der Waals surface area contributed by atoms with Crippen LogP contribution in [0.25, 0.3) is 0 Å². The van der Waals surface area contributed by atoms with Crippen LogP contribution in [-0.2, 0) is 4.79 Å². The van der Waals surface area contributed by atoms with E-state index >= 15 is 0 Å². The summed E-state index contributed by atoms with van der Waals surface area (Å²) in [5, 5.41) is 8.38. The minimum absolute atomic E-state index is 0.0880. The molecule has 3 heteroatoms. The standard InChI is InChI=1S/C7H11FO2/c1-5(6(9)10)7(2,3)4-8/h1,4H2,2-3H3,(H,9,10). The SMILES string of the molecule is C=C(C(=O)O)C(C)(C)CF. The van der Waals surface area contributed by atoms with Gasteiger partial charge in [-0.2, -0.15) is 0 Å². The molecule has 1 N–H and O–H groups in total. The van der Waals surface area contributed by atoms with Gasteiger partial charge in [-0.1, -0.05) is 20.4 Å². The van der Waals surface area contributed by atoms with Crippen LogP contribution in [0.15, 0.2) is 12.2 Å². The minimum Gasteiger partial charge on any atom is -0.478 e. The third kappa shape index (κ3) is 1.83. The molecule has 0 aromatic carbocycles. The van der Waals surface area contributed by atoms with Crippen molar-refractivity contribution in [2.24, 2.45) is 5.41 Å². The first-order valence-corrected chi connectivity index (χ1v) is 2.90. The lowest BCUT2D eigenvalue weighted by Crippen LogP contribution is -2.22. The van der Waals surface area contributed by atoms with Crippen LogP contribution in [0.2, 0.25) is 0 Å². The number of aliphatic carboxylic acids is 1. The van der Waals surface area contributed by atoms with Crippen molar-refractivity contribution in [1.82, 2.24) is 0 Å². The summed E-state index contributed by atoms with van der Waals surface area (Å²) in [5.41, 5.74) is -1.03. The molecule has 10 heavy (non-hydrogen) atoms. The lowest BCUT2D eigenvalue weighted by atomic mass is 9.87. The predicted molar refractivity (Wildman–Crippen MR) is 36.5 cm³/mol. The highest BCUT2D eigenvalue weighted by atomic mass is 19.1. The number of alkyl halides is 1. The van der Waals surface area contributed by atoms with Gasteiger partial charge in [0.05, 0.1) is 6.67 Å². The summed E-state index contributed by atoms with van der Waals surface area (Å²) in [6.07, 6.45) is 0. The van der Waals surface area contributed by atoms with E-state index in [4.69, 9.17) is 5.11 Å². The van der Waals surface area contributed by atoms with E-state index in [-0.39, 0.29) is 5.57 Å². The molecule has 0 radical (unpaired) electrons. The van der Waals surface area contributed by atoms with E-state index in [1.165, 1.54) is 13.8 Å². The Bertz CT molecular complexity index is 161. The number of carbonyl (C=O) groups is 1. The fraction of sp³-hybridized carbons (Fsp3) is 0.571. The van der Waals surface area contributed by atoms with Crippen molar-refractivity contribution in [3.05, 3.63) is 12.2 Å². The zero-order chi connectivity index (χ0) is 8.36. The van der Waals surface area contributed by atoms with Crippen molar-refractivity contribution in [3.63, 3.8) is 0 Å². The third-order valence-corrected chi connectivity index (χ3v) is 1.41. The molecule has 0 heterocycles. The fourth-order valence-electron chi connectivity index (χ4n) is 0.370. The molecule has 0 saturated carbocycles. The van der Waals surface area contributed by atoms with Crippen LogP contribution in [-0.4, -0.2) is 17.8 Å². The maximum absolute atomic E-state index is 12.1. The van der Waals surface area contributed by atoms with Gasteiger partial charge in [0.25, 0.3) is 0 Å². The van der Waals surface area contributed by atoms with Crippen LogP contribution in [0.1, 0.15) is 13.8 Å². The number of carboxylic acid groups (broad SMARTS) is 1. The Kier molecular flexibility index (Phi) is 2.57. The predicted octanol–water partition coefficient (Wildman–Crippen LogP) is 1.62. The van der Waals surface area contributed by atoms with Crippen molar-refractivity contribution in [2.75, 3.05) is 6.67 Å². The van der Waals surface area contributed by atoms with Crippen LogP contribution < -0.4 is 0 Å². The normalized spacial score (nSPS) is 11.1. The topological polar surface area (TPSA) is 37.3 Å². The first-order valence-electron chi connectivity index (χ1n) is 2.90. The largest absolute Gasteiger partial charge is 0.478 e. The summed E-state index contributed by atoms with van der Waals surface area (Å²) >= 11 is 0. The number of rotatable bonds is 3. The molecule has 0 atom stereocenters. The van der Waals surface area contributed by atoms with Gasteiger partial charge in [-0.3, -0.25) is 4.39 Å². The molecule has 0 unspecified atom stereocenters. The molecule has 0 bridgehead atoms. The first kappa shape index (κ1) is 9.14. The van der Waals surface area contributed by atoms with E-state index in [2.05, 4.69) is 6.58 Å². The van der Waals surface area contributed by atoms with E-state index in [1.54, 1.807) is 0 Å². The lowest BCUT2D eigenvalue weighted by molar-refractivity contribution is -0.133. The molecule has 0 aliphatic heterocycles. The molecule has 0 aromatic rings. The Morgan fingerprint density at radius 1 is 1.70 bits per heavy atom. The number of halogens is 1. The van der Waals surface area contributed by atoms with Crippen LogP contribution in [0.4, 0.5) is 4.39 Å². The monoisotopic (exact) mass is 146 g/mol. The third-order valence-electron chi connectivity index (χ3n) is 1.41. The molecule has 0 aromatic heterocycles. The first-order chi connectivity index (χ1) is 4.41. The Balaban J connectivity index is 4.33. The van der Waals surface area contributed by atoms with Gasteiger partial charge >= 0.3 is 5.97 Å². The van der Waals surface area contributed by atoms with Crippen molar-refractivity contribution < 1.29 is 14.3 Å². The average Bonchev–Trinajstić information content (AvgIpc) is 1.86. The highest BCUT2D eigenvalue weighted by Gasteiger charge is 2.26. The molecule has 0 spiro atoms. The maximum atomic E-state index is 12.1. The summed E-state index contributed by atoms with van der Waals surface area (Å²) in [4.78, 5) is 10.2. The zero-order valence-electron chi connectivity index (χ0n) is 6.15. The van der Waals surface area contributed by atoms with Gasteiger partial charge in [0.2, 0.25) is 0 Å². The number of hydrogen-bond acceptors (Lipinski definition) is 1. The van der Waals surface area contributed by atoms with E-state index in [9.17, 15) is 9.18 Å². The minimum atomic E-state index is -1.14. The smallest absolute Gasteiger partial charge is 0.331 e. The summed E-state index contributed by atoms with van der Waals surface area (Å²) in [7, 11) is 0. The van der Waals surface area contributed by atoms with Gasteiger partial charge in [0.15, 0.2) is 0 Å². The summed E-state index contributed by atoms with van der Waals surface area (Å²) in [6.45, 7) is 5.57. The molecule has 0 aliphatic rings. The van der Waals surface area contributed by atoms with Crippen molar-refractivity contribution in [2.45, 2.75) is 13.8 Å². The Hall–Kier alpha value is -0.860. The van der Waals surface area contributed by atoms with Crippen molar-refractivity contribution >= 4 is 5.97 Å². The number of carboxylic acids is 1. The Morgan fingerprint density at radius 2 is 2.10 bits per heavy atom. The molecule has 2 nitrogen and oxygen atoms in total. The second kappa shape index (κ2) is 2.82. The maximum Gasteiger partial charge on any atom is 0.331 e. The van der Waals surface area contributed by atoms with E-state index < -0.39 is 18.1 Å². The quantitative estimate of drug-likeness (QED) is 0.614. The summed E-state index contributed by atoms with van der Waals surface area (Å²) in [5.74, 6) is -1.14. The van der Waals surface area contributed by atoms with E-state index in [1.807, 2.05) is 0 Å².